The third kappa shape index (κ3) is 3.05. The summed E-state index contributed by atoms with van der Waals surface area (Å²) in [6.45, 7) is 3.19. The van der Waals surface area contributed by atoms with Gasteiger partial charge in [-0.3, -0.25) is 0 Å². The number of ether oxygens (including phenoxy) is 1. The van der Waals surface area contributed by atoms with E-state index in [4.69, 9.17) is 15.1 Å². The highest BCUT2D eigenvalue weighted by Gasteiger charge is 2.14. The molecule has 1 aromatic heterocycles. The van der Waals surface area contributed by atoms with Crippen molar-refractivity contribution in [2.75, 3.05) is 13.2 Å². The monoisotopic (exact) mass is 209 g/mol. The summed E-state index contributed by atoms with van der Waals surface area (Å²) < 4.78 is 7.20. The molecule has 0 aromatic carbocycles. The van der Waals surface area contributed by atoms with Crippen molar-refractivity contribution in [2.24, 2.45) is 0 Å². The summed E-state index contributed by atoms with van der Waals surface area (Å²) in [6.07, 6.45) is 3.25. The van der Waals surface area contributed by atoms with E-state index in [9.17, 15) is 0 Å². The van der Waals surface area contributed by atoms with Gasteiger partial charge in [0.2, 0.25) is 0 Å². The predicted octanol–water partition coefficient (Wildman–Crippen LogP) is 0.867. The van der Waals surface area contributed by atoms with Crippen molar-refractivity contribution in [3.05, 3.63) is 18.2 Å². The van der Waals surface area contributed by atoms with E-state index in [1.807, 2.05) is 11.5 Å². The standard InChI is InChI=1S/C10H15N3O2/c1-2-13-8-12-7-9(13)10(6-11)15-5-3-4-14/h7-8,10,14H,2-5H2,1H3. The van der Waals surface area contributed by atoms with Gasteiger partial charge in [0.15, 0.2) is 6.10 Å². The highest BCUT2D eigenvalue weighted by molar-refractivity contribution is 5.10. The van der Waals surface area contributed by atoms with E-state index < -0.39 is 6.10 Å². The Balaban J connectivity index is 2.62. The van der Waals surface area contributed by atoms with E-state index in [2.05, 4.69) is 11.1 Å². The van der Waals surface area contributed by atoms with Crippen molar-refractivity contribution in [1.29, 1.82) is 5.26 Å². The molecule has 1 rings (SSSR count). The quantitative estimate of drug-likeness (QED) is 0.705. The lowest BCUT2D eigenvalue weighted by atomic mass is 10.3. The van der Waals surface area contributed by atoms with Crippen LogP contribution in [0.25, 0.3) is 0 Å². The number of aryl methyl sites for hydroxylation is 1. The summed E-state index contributed by atoms with van der Waals surface area (Å²) in [6, 6.07) is 2.07. The minimum Gasteiger partial charge on any atom is -0.396 e. The molecule has 0 fully saturated rings. The van der Waals surface area contributed by atoms with Crippen molar-refractivity contribution >= 4 is 0 Å². The van der Waals surface area contributed by atoms with Crippen LogP contribution in [0.15, 0.2) is 12.5 Å². The first-order valence-electron chi connectivity index (χ1n) is 4.95. The third-order valence-electron chi connectivity index (χ3n) is 2.06. The smallest absolute Gasteiger partial charge is 0.185 e. The van der Waals surface area contributed by atoms with Crippen molar-refractivity contribution < 1.29 is 9.84 Å². The van der Waals surface area contributed by atoms with Gasteiger partial charge >= 0.3 is 0 Å². The van der Waals surface area contributed by atoms with Gasteiger partial charge in [-0.1, -0.05) is 0 Å². The molecule has 0 saturated carbocycles. The molecule has 0 radical (unpaired) electrons. The number of aliphatic hydroxyl groups excluding tert-OH is 1. The zero-order valence-corrected chi connectivity index (χ0v) is 8.76. The molecule has 5 nitrogen and oxygen atoms in total. The van der Waals surface area contributed by atoms with E-state index in [1.54, 1.807) is 12.5 Å². The Hall–Kier alpha value is -1.38. The Bertz CT molecular complexity index is 330. The Morgan fingerprint density at radius 2 is 2.53 bits per heavy atom. The molecule has 0 amide bonds. The lowest BCUT2D eigenvalue weighted by molar-refractivity contribution is 0.0728. The van der Waals surface area contributed by atoms with Gasteiger partial charge in [0.1, 0.15) is 6.07 Å². The average Bonchev–Trinajstić information content (AvgIpc) is 2.72. The first-order valence-corrected chi connectivity index (χ1v) is 4.95. The number of hydrogen-bond acceptors (Lipinski definition) is 4. The van der Waals surface area contributed by atoms with Crippen LogP contribution in [0.2, 0.25) is 0 Å². The van der Waals surface area contributed by atoms with E-state index in [0.717, 1.165) is 12.2 Å². The average molecular weight is 209 g/mol. The lowest BCUT2D eigenvalue weighted by Crippen LogP contribution is -2.09. The van der Waals surface area contributed by atoms with Gasteiger partial charge in [0, 0.05) is 13.2 Å². The molecule has 0 aliphatic carbocycles. The summed E-state index contributed by atoms with van der Waals surface area (Å²) in [5, 5.41) is 17.5. The van der Waals surface area contributed by atoms with Crippen LogP contribution in [0.5, 0.6) is 0 Å². The molecule has 0 bridgehead atoms. The second-order valence-corrected chi connectivity index (χ2v) is 3.06. The largest absolute Gasteiger partial charge is 0.396 e. The molecule has 1 aromatic rings. The Morgan fingerprint density at radius 1 is 1.73 bits per heavy atom. The molecule has 5 heteroatoms. The van der Waals surface area contributed by atoms with Gasteiger partial charge in [0.25, 0.3) is 0 Å². The Kier molecular flexibility index (Phi) is 4.81. The summed E-state index contributed by atoms with van der Waals surface area (Å²) in [5.41, 5.74) is 0.762. The van der Waals surface area contributed by atoms with Crippen molar-refractivity contribution in [1.82, 2.24) is 9.55 Å². The summed E-state index contributed by atoms with van der Waals surface area (Å²) in [4.78, 5) is 3.97. The maximum absolute atomic E-state index is 8.94. The maximum atomic E-state index is 8.94. The first-order chi connectivity index (χ1) is 7.33. The van der Waals surface area contributed by atoms with E-state index in [1.165, 1.54) is 0 Å². The van der Waals surface area contributed by atoms with Crippen LogP contribution in [0.1, 0.15) is 25.1 Å². The summed E-state index contributed by atoms with van der Waals surface area (Å²) in [5.74, 6) is 0. The van der Waals surface area contributed by atoms with Crippen molar-refractivity contribution in [2.45, 2.75) is 26.0 Å². The molecule has 1 unspecified atom stereocenters. The second-order valence-electron chi connectivity index (χ2n) is 3.06. The summed E-state index contributed by atoms with van der Waals surface area (Å²) >= 11 is 0. The van der Waals surface area contributed by atoms with Gasteiger partial charge in [-0.2, -0.15) is 5.26 Å². The SMILES string of the molecule is CCn1cncc1C(C#N)OCCCO. The van der Waals surface area contributed by atoms with Crippen molar-refractivity contribution in [3.8, 4) is 6.07 Å². The van der Waals surface area contributed by atoms with E-state index >= 15 is 0 Å². The van der Waals surface area contributed by atoms with Crippen molar-refractivity contribution in [3.63, 3.8) is 0 Å². The summed E-state index contributed by atoms with van der Waals surface area (Å²) in [7, 11) is 0. The highest BCUT2D eigenvalue weighted by Crippen LogP contribution is 2.16. The number of aromatic nitrogens is 2. The number of imidazole rings is 1. The molecule has 1 heterocycles. The van der Waals surface area contributed by atoms with Crippen LogP contribution in [0.4, 0.5) is 0 Å². The maximum Gasteiger partial charge on any atom is 0.185 e. The van der Waals surface area contributed by atoms with E-state index in [0.29, 0.717) is 13.0 Å². The van der Waals surface area contributed by atoms with Gasteiger partial charge in [-0.25, -0.2) is 4.98 Å². The molecular formula is C10H15N3O2. The van der Waals surface area contributed by atoms with Crippen LogP contribution in [0, 0.1) is 11.3 Å². The topological polar surface area (TPSA) is 71.1 Å². The van der Waals surface area contributed by atoms with Gasteiger partial charge in [0.05, 0.1) is 24.8 Å². The Labute approximate surface area is 88.9 Å². The van der Waals surface area contributed by atoms with Crippen LogP contribution in [0.3, 0.4) is 0 Å². The molecule has 0 aliphatic heterocycles. The van der Waals surface area contributed by atoms with Crippen LogP contribution in [-0.2, 0) is 11.3 Å². The Morgan fingerprint density at radius 3 is 3.13 bits per heavy atom. The van der Waals surface area contributed by atoms with Crippen LogP contribution >= 0.6 is 0 Å². The molecule has 1 N–H and O–H groups in total. The zero-order chi connectivity index (χ0) is 11.1. The minimum absolute atomic E-state index is 0.0746. The molecule has 0 saturated heterocycles. The number of hydrogen-bond donors (Lipinski definition) is 1. The first kappa shape index (κ1) is 11.7. The fraction of sp³-hybridized carbons (Fsp3) is 0.600. The fourth-order valence-electron chi connectivity index (χ4n) is 1.27. The van der Waals surface area contributed by atoms with Gasteiger partial charge in [-0.05, 0) is 13.3 Å². The molecule has 0 spiro atoms. The molecule has 82 valence electrons. The highest BCUT2D eigenvalue weighted by atomic mass is 16.5. The van der Waals surface area contributed by atoms with Crippen LogP contribution in [-0.4, -0.2) is 27.9 Å². The molecular weight excluding hydrogens is 194 g/mol. The number of aliphatic hydroxyl groups is 1. The van der Waals surface area contributed by atoms with Gasteiger partial charge < -0.3 is 14.4 Å². The van der Waals surface area contributed by atoms with Gasteiger partial charge in [-0.15, -0.1) is 0 Å². The predicted molar refractivity (Wildman–Crippen MR) is 53.9 cm³/mol. The number of rotatable bonds is 6. The molecule has 15 heavy (non-hydrogen) atoms. The third-order valence-corrected chi connectivity index (χ3v) is 2.06. The number of nitrogens with zero attached hydrogens (tertiary/aromatic N) is 3. The number of nitriles is 1. The van der Waals surface area contributed by atoms with Crippen LogP contribution < -0.4 is 0 Å². The normalized spacial score (nSPS) is 12.3. The zero-order valence-electron chi connectivity index (χ0n) is 8.76. The molecule has 1 atom stereocenters. The molecule has 0 aliphatic rings. The lowest BCUT2D eigenvalue weighted by Gasteiger charge is -2.11. The minimum atomic E-state index is -0.598. The fourth-order valence-corrected chi connectivity index (χ4v) is 1.27. The second kappa shape index (κ2) is 6.17. The van der Waals surface area contributed by atoms with E-state index in [-0.39, 0.29) is 6.61 Å².